The van der Waals surface area contributed by atoms with Gasteiger partial charge in [0.1, 0.15) is 11.4 Å². The van der Waals surface area contributed by atoms with E-state index >= 15 is 0 Å². The number of benzene rings is 1. The van der Waals surface area contributed by atoms with Gasteiger partial charge in [-0.2, -0.15) is 0 Å². The van der Waals surface area contributed by atoms with E-state index in [2.05, 4.69) is 26.8 Å². The maximum atomic E-state index is 11.4. The van der Waals surface area contributed by atoms with E-state index < -0.39 is 0 Å². The van der Waals surface area contributed by atoms with Gasteiger partial charge in [-0.25, -0.2) is 0 Å². The van der Waals surface area contributed by atoms with Crippen molar-refractivity contribution in [3.05, 3.63) is 29.8 Å². The third kappa shape index (κ3) is 2.05. The van der Waals surface area contributed by atoms with E-state index in [1.54, 1.807) is 0 Å². The highest BCUT2D eigenvalue weighted by Gasteiger charge is 2.64. The number of hydrogen-bond donors (Lipinski definition) is 0. The van der Waals surface area contributed by atoms with E-state index in [9.17, 15) is 4.79 Å². The Morgan fingerprint density at radius 2 is 2.08 bits per heavy atom. The first-order valence-electron chi connectivity index (χ1n) is 8.90. The second-order valence-electron chi connectivity index (χ2n) is 8.12. The lowest BCUT2D eigenvalue weighted by Gasteiger charge is -2.63. The number of rotatable bonds is 2. The fourth-order valence-corrected chi connectivity index (χ4v) is 5.49. The Balaban J connectivity index is 1.76. The van der Waals surface area contributed by atoms with Crippen molar-refractivity contribution in [3.8, 4) is 5.75 Å². The number of esters is 1. The normalized spacial score (nSPS) is 42.7. The van der Waals surface area contributed by atoms with Gasteiger partial charge >= 0.3 is 5.97 Å². The zero-order valence-electron chi connectivity index (χ0n) is 14.9. The quantitative estimate of drug-likeness (QED) is 0.775. The van der Waals surface area contributed by atoms with E-state index in [1.807, 2.05) is 18.2 Å². The molecule has 24 heavy (non-hydrogen) atoms. The average Bonchev–Trinajstić information content (AvgIpc) is 2.52. The van der Waals surface area contributed by atoms with Crippen LogP contribution in [0.5, 0.6) is 5.75 Å². The number of ether oxygens (including phenoxy) is 3. The summed E-state index contributed by atoms with van der Waals surface area (Å²) in [6, 6.07) is 8.23. The van der Waals surface area contributed by atoms with E-state index in [4.69, 9.17) is 14.2 Å². The standard InChI is InChI=1S/C20H26O4/c1-12-9-19(4)17-13(2)20(12,10-22-14(3)21)11-23-18(17)15-7-5-6-8-16(15)24-19/h5-8,12-13,17-18H,9-11H2,1-4H3. The van der Waals surface area contributed by atoms with Crippen LogP contribution >= 0.6 is 0 Å². The second kappa shape index (κ2) is 5.22. The molecule has 1 aromatic rings. The minimum Gasteiger partial charge on any atom is -0.487 e. The van der Waals surface area contributed by atoms with Gasteiger partial charge in [0.05, 0.1) is 19.3 Å². The van der Waals surface area contributed by atoms with Gasteiger partial charge in [0.25, 0.3) is 0 Å². The Morgan fingerprint density at radius 1 is 1.33 bits per heavy atom. The van der Waals surface area contributed by atoms with Crippen molar-refractivity contribution in [2.24, 2.45) is 23.2 Å². The Hall–Kier alpha value is -1.55. The molecule has 2 aliphatic heterocycles. The number of fused-ring (bicyclic) bond motifs is 3. The van der Waals surface area contributed by atoms with Crippen molar-refractivity contribution in [2.45, 2.75) is 45.8 Å². The molecule has 6 unspecified atom stereocenters. The van der Waals surface area contributed by atoms with Crippen LogP contribution in [0.1, 0.15) is 45.8 Å². The molecule has 0 N–H and O–H groups in total. The molecule has 4 nitrogen and oxygen atoms in total. The first kappa shape index (κ1) is 15.9. The molecule has 1 saturated heterocycles. The molecule has 1 aromatic carbocycles. The SMILES string of the molecule is CC(=O)OCC12COC3c4ccccc4OC(C)(CC1C)C3C2C. The Bertz CT molecular complexity index is 671. The summed E-state index contributed by atoms with van der Waals surface area (Å²) in [6.45, 7) is 9.30. The van der Waals surface area contributed by atoms with Crippen molar-refractivity contribution in [3.63, 3.8) is 0 Å². The third-order valence-electron chi connectivity index (χ3n) is 6.81. The Labute approximate surface area is 143 Å². The molecule has 1 aliphatic carbocycles. The van der Waals surface area contributed by atoms with Gasteiger partial charge in [-0.15, -0.1) is 0 Å². The molecule has 0 radical (unpaired) electrons. The smallest absolute Gasteiger partial charge is 0.302 e. The maximum absolute atomic E-state index is 11.4. The number of para-hydroxylation sites is 1. The first-order chi connectivity index (χ1) is 11.4. The molecule has 0 spiro atoms. The van der Waals surface area contributed by atoms with Crippen LogP contribution in [-0.4, -0.2) is 24.8 Å². The second-order valence-corrected chi connectivity index (χ2v) is 8.12. The Morgan fingerprint density at radius 3 is 2.83 bits per heavy atom. The zero-order valence-corrected chi connectivity index (χ0v) is 14.9. The van der Waals surface area contributed by atoms with Crippen molar-refractivity contribution < 1.29 is 19.0 Å². The van der Waals surface area contributed by atoms with Crippen molar-refractivity contribution in [1.82, 2.24) is 0 Å². The first-order valence-corrected chi connectivity index (χ1v) is 8.90. The van der Waals surface area contributed by atoms with Gasteiger partial charge in [0, 0.05) is 23.8 Å². The summed E-state index contributed by atoms with van der Waals surface area (Å²) in [7, 11) is 0. The van der Waals surface area contributed by atoms with Crippen molar-refractivity contribution >= 4 is 5.97 Å². The molecular weight excluding hydrogens is 304 g/mol. The number of carbonyl (C=O) groups excluding carboxylic acids is 1. The van der Waals surface area contributed by atoms with E-state index in [0.717, 1.165) is 17.7 Å². The fraction of sp³-hybridized carbons (Fsp3) is 0.650. The lowest BCUT2D eigenvalue weighted by atomic mass is 9.50. The van der Waals surface area contributed by atoms with Crippen LogP contribution in [0.25, 0.3) is 0 Å². The summed E-state index contributed by atoms with van der Waals surface area (Å²) in [5.41, 5.74) is 0.794. The molecule has 6 atom stereocenters. The predicted octanol–water partition coefficient (Wildman–Crippen LogP) is 3.75. The van der Waals surface area contributed by atoms with Crippen LogP contribution in [-0.2, 0) is 14.3 Å². The van der Waals surface area contributed by atoms with E-state index in [-0.39, 0.29) is 29.0 Å². The van der Waals surface area contributed by atoms with Gasteiger partial charge in [0.2, 0.25) is 0 Å². The lowest BCUT2D eigenvalue weighted by Crippen LogP contribution is -2.66. The summed E-state index contributed by atoms with van der Waals surface area (Å²) in [5.74, 6) is 1.73. The van der Waals surface area contributed by atoms with Crippen LogP contribution < -0.4 is 4.74 Å². The number of hydrogen-bond acceptors (Lipinski definition) is 4. The third-order valence-corrected chi connectivity index (χ3v) is 6.81. The highest BCUT2D eigenvalue weighted by atomic mass is 16.5. The van der Waals surface area contributed by atoms with Gasteiger partial charge in [-0.3, -0.25) is 4.79 Å². The molecule has 0 amide bonds. The van der Waals surface area contributed by atoms with Crippen LogP contribution in [0.15, 0.2) is 24.3 Å². The topological polar surface area (TPSA) is 44.8 Å². The van der Waals surface area contributed by atoms with Crippen LogP contribution in [0.3, 0.4) is 0 Å². The van der Waals surface area contributed by atoms with Gasteiger partial charge < -0.3 is 14.2 Å². The summed E-state index contributed by atoms with van der Waals surface area (Å²) >= 11 is 0. The van der Waals surface area contributed by atoms with Gasteiger partial charge in [-0.1, -0.05) is 32.0 Å². The average molecular weight is 330 g/mol. The molecule has 3 aliphatic rings. The van der Waals surface area contributed by atoms with Gasteiger partial charge in [0.15, 0.2) is 0 Å². The van der Waals surface area contributed by atoms with Crippen LogP contribution in [0.4, 0.5) is 0 Å². The van der Waals surface area contributed by atoms with Gasteiger partial charge in [-0.05, 0) is 31.2 Å². The minimum atomic E-state index is -0.238. The van der Waals surface area contributed by atoms with E-state index in [1.165, 1.54) is 6.92 Å². The van der Waals surface area contributed by atoms with Crippen molar-refractivity contribution in [2.75, 3.05) is 13.2 Å². The van der Waals surface area contributed by atoms with E-state index in [0.29, 0.717) is 25.0 Å². The Kier molecular flexibility index (Phi) is 3.47. The fourth-order valence-electron chi connectivity index (χ4n) is 5.49. The molecule has 130 valence electrons. The molecular formula is C20H26O4. The predicted molar refractivity (Wildman–Crippen MR) is 89.7 cm³/mol. The highest BCUT2D eigenvalue weighted by molar-refractivity contribution is 5.65. The number of carbonyl (C=O) groups is 1. The maximum Gasteiger partial charge on any atom is 0.302 e. The van der Waals surface area contributed by atoms with Crippen molar-refractivity contribution in [1.29, 1.82) is 0 Å². The largest absolute Gasteiger partial charge is 0.487 e. The lowest BCUT2D eigenvalue weighted by molar-refractivity contribution is -0.261. The molecule has 2 heterocycles. The van der Waals surface area contributed by atoms with Crippen LogP contribution in [0, 0.1) is 23.2 Å². The zero-order chi connectivity index (χ0) is 17.1. The van der Waals surface area contributed by atoms with Crippen LogP contribution in [0.2, 0.25) is 0 Å². The summed E-state index contributed by atoms with van der Waals surface area (Å²) in [5, 5.41) is 0. The summed E-state index contributed by atoms with van der Waals surface area (Å²) in [6.07, 6.45) is 1.02. The monoisotopic (exact) mass is 330 g/mol. The molecule has 4 heteroatoms. The molecule has 2 fully saturated rings. The highest BCUT2D eigenvalue weighted by Crippen LogP contribution is 2.63. The minimum absolute atomic E-state index is 0.0629. The molecule has 2 bridgehead atoms. The summed E-state index contributed by atoms with van der Waals surface area (Å²) < 4.78 is 18.4. The summed E-state index contributed by atoms with van der Waals surface area (Å²) in [4.78, 5) is 11.4. The molecule has 4 rings (SSSR count). The molecule has 0 aromatic heterocycles. The molecule has 1 saturated carbocycles.